The second-order valence-corrected chi connectivity index (χ2v) is 6.00. The van der Waals surface area contributed by atoms with Crippen molar-refractivity contribution in [3.63, 3.8) is 0 Å². The molecule has 2 aromatic carbocycles. The van der Waals surface area contributed by atoms with Crippen LogP contribution >= 0.6 is 27.7 Å². The fraction of sp³-hybridized carbons (Fsp3) is 0.143. The molecule has 0 aromatic heterocycles. The van der Waals surface area contributed by atoms with Crippen molar-refractivity contribution in [3.05, 3.63) is 64.1 Å². The molecule has 2 rings (SSSR count). The fourth-order valence-electron chi connectivity index (χ4n) is 1.60. The zero-order valence-electron chi connectivity index (χ0n) is 9.82. The molecule has 0 bridgehead atoms. The summed E-state index contributed by atoms with van der Waals surface area (Å²) in [5, 5.41) is 9.93. The number of aliphatic hydroxyl groups is 1. The second-order valence-electron chi connectivity index (χ2n) is 3.99. The van der Waals surface area contributed by atoms with E-state index in [0.29, 0.717) is 5.75 Å². The quantitative estimate of drug-likeness (QED) is 0.821. The van der Waals surface area contributed by atoms with Gasteiger partial charge in [-0.25, -0.2) is 8.78 Å². The third kappa shape index (κ3) is 4.30. The lowest BCUT2D eigenvalue weighted by Crippen LogP contribution is -2.02. The van der Waals surface area contributed by atoms with Gasteiger partial charge in [-0.3, -0.25) is 0 Å². The lowest BCUT2D eigenvalue weighted by atomic mass is 10.1. The van der Waals surface area contributed by atoms with Crippen LogP contribution in [0, 0.1) is 11.6 Å². The number of hydrogen-bond acceptors (Lipinski definition) is 2. The smallest absolute Gasteiger partial charge is 0.126 e. The van der Waals surface area contributed by atoms with E-state index < -0.39 is 17.7 Å². The molecule has 0 aliphatic rings. The van der Waals surface area contributed by atoms with Gasteiger partial charge in [0.1, 0.15) is 11.6 Å². The Morgan fingerprint density at radius 1 is 1.11 bits per heavy atom. The minimum Gasteiger partial charge on any atom is -0.388 e. The number of rotatable bonds is 4. The SMILES string of the molecule is OC(CSc1cccc(Br)c1)c1cc(F)cc(F)c1. The second kappa shape index (κ2) is 6.50. The van der Waals surface area contributed by atoms with E-state index in [2.05, 4.69) is 15.9 Å². The first-order valence-electron chi connectivity index (χ1n) is 5.57. The molecule has 0 fully saturated rings. The van der Waals surface area contributed by atoms with Crippen LogP contribution in [0.3, 0.4) is 0 Å². The van der Waals surface area contributed by atoms with Gasteiger partial charge in [0.25, 0.3) is 0 Å². The van der Waals surface area contributed by atoms with E-state index >= 15 is 0 Å². The van der Waals surface area contributed by atoms with E-state index in [1.807, 2.05) is 24.3 Å². The van der Waals surface area contributed by atoms with E-state index in [9.17, 15) is 13.9 Å². The third-order valence-electron chi connectivity index (χ3n) is 2.47. The van der Waals surface area contributed by atoms with E-state index in [1.54, 1.807) is 0 Å². The van der Waals surface area contributed by atoms with Crippen molar-refractivity contribution in [2.45, 2.75) is 11.0 Å². The van der Waals surface area contributed by atoms with Gasteiger partial charge in [-0.15, -0.1) is 11.8 Å². The molecule has 0 heterocycles. The van der Waals surface area contributed by atoms with Crippen LogP contribution in [0.5, 0.6) is 0 Å². The van der Waals surface area contributed by atoms with E-state index in [0.717, 1.165) is 27.6 Å². The van der Waals surface area contributed by atoms with Crippen LogP contribution in [-0.2, 0) is 0 Å². The molecule has 5 heteroatoms. The molecular weight excluding hydrogens is 334 g/mol. The third-order valence-corrected chi connectivity index (χ3v) is 4.04. The van der Waals surface area contributed by atoms with Crippen LogP contribution in [-0.4, -0.2) is 10.9 Å². The van der Waals surface area contributed by atoms with E-state index in [-0.39, 0.29) is 5.56 Å². The predicted molar refractivity (Wildman–Crippen MR) is 76.2 cm³/mol. The topological polar surface area (TPSA) is 20.2 Å². The number of aliphatic hydroxyl groups excluding tert-OH is 1. The molecule has 19 heavy (non-hydrogen) atoms. The molecule has 0 radical (unpaired) electrons. The first-order chi connectivity index (χ1) is 9.04. The summed E-state index contributed by atoms with van der Waals surface area (Å²) in [6.45, 7) is 0. The van der Waals surface area contributed by atoms with Gasteiger partial charge in [-0.05, 0) is 35.9 Å². The minimum absolute atomic E-state index is 0.250. The normalized spacial score (nSPS) is 12.4. The van der Waals surface area contributed by atoms with Crippen LogP contribution in [0.25, 0.3) is 0 Å². The Morgan fingerprint density at radius 2 is 1.79 bits per heavy atom. The molecule has 0 saturated heterocycles. The van der Waals surface area contributed by atoms with Gasteiger partial charge in [0.05, 0.1) is 6.10 Å². The summed E-state index contributed by atoms with van der Waals surface area (Å²) < 4.78 is 27.0. The Morgan fingerprint density at radius 3 is 2.42 bits per heavy atom. The molecule has 1 unspecified atom stereocenters. The minimum atomic E-state index is -0.908. The average Bonchev–Trinajstić information content (AvgIpc) is 2.35. The highest BCUT2D eigenvalue weighted by Gasteiger charge is 2.11. The Kier molecular flexibility index (Phi) is 4.96. The summed E-state index contributed by atoms with van der Waals surface area (Å²) in [5.41, 5.74) is 0.250. The Labute approximate surface area is 122 Å². The highest BCUT2D eigenvalue weighted by molar-refractivity contribution is 9.10. The molecule has 0 amide bonds. The van der Waals surface area contributed by atoms with Gasteiger partial charge in [0.2, 0.25) is 0 Å². The molecule has 1 N–H and O–H groups in total. The zero-order chi connectivity index (χ0) is 13.8. The first-order valence-corrected chi connectivity index (χ1v) is 7.35. The predicted octanol–water partition coefficient (Wildman–Crippen LogP) is 4.55. The number of thioether (sulfide) groups is 1. The highest BCUT2D eigenvalue weighted by Crippen LogP contribution is 2.27. The molecule has 0 saturated carbocycles. The average molecular weight is 345 g/mol. The summed E-state index contributed by atoms with van der Waals surface area (Å²) in [6, 6.07) is 10.7. The summed E-state index contributed by atoms with van der Waals surface area (Å²) in [5.74, 6) is -1.03. The van der Waals surface area contributed by atoms with Crippen molar-refractivity contribution >= 4 is 27.7 Å². The number of halogens is 3. The molecule has 2 aromatic rings. The van der Waals surface area contributed by atoms with E-state index in [4.69, 9.17) is 0 Å². The summed E-state index contributed by atoms with van der Waals surface area (Å²) in [7, 11) is 0. The maximum Gasteiger partial charge on any atom is 0.126 e. The van der Waals surface area contributed by atoms with Crippen molar-refractivity contribution in [2.75, 3.05) is 5.75 Å². The Bertz CT molecular complexity index is 557. The van der Waals surface area contributed by atoms with Gasteiger partial charge < -0.3 is 5.11 Å². The van der Waals surface area contributed by atoms with Crippen LogP contribution in [0.2, 0.25) is 0 Å². The summed E-state index contributed by atoms with van der Waals surface area (Å²) in [4.78, 5) is 0.977. The van der Waals surface area contributed by atoms with Gasteiger partial charge in [0, 0.05) is 21.2 Å². The van der Waals surface area contributed by atoms with Gasteiger partial charge in [-0.1, -0.05) is 22.0 Å². The lowest BCUT2D eigenvalue weighted by molar-refractivity contribution is 0.203. The number of benzene rings is 2. The van der Waals surface area contributed by atoms with Gasteiger partial charge in [-0.2, -0.15) is 0 Å². The van der Waals surface area contributed by atoms with Gasteiger partial charge >= 0.3 is 0 Å². The maximum atomic E-state index is 13.0. The molecule has 1 atom stereocenters. The molecule has 0 aliphatic heterocycles. The van der Waals surface area contributed by atoms with Crippen LogP contribution in [0.1, 0.15) is 11.7 Å². The van der Waals surface area contributed by atoms with Crippen molar-refractivity contribution in [1.29, 1.82) is 0 Å². The Balaban J connectivity index is 2.03. The first kappa shape index (κ1) is 14.5. The lowest BCUT2D eigenvalue weighted by Gasteiger charge is -2.11. The monoisotopic (exact) mass is 344 g/mol. The van der Waals surface area contributed by atoms with Crippen LogP contribution < -0.4 is 0 Å². The Hall–Kier alpha value is -0.910. The summed E-state index contributed by atoms with van der Waals surface area (Å²) >= 11 is 4.78. The zero-order valence-corrected chi connectivity index (χ0v) is 12.2. The maximum absolute atomic E-state index is 13.0. The van der Waals surface area contributed by atoms with Crippen molar-refractivity contribution in [2.24, 2.45) is 0 Å². The molecular formula is C14H11BrF2OS. The fourth-order valence-corrected chi connectivity index (χ4v) is 3.07. The summed E-state index contributed by atoms with van der Waals surface area (Å²) in [6.07, 6.45) is -0.908. The van der Waals surface area contributed by atoms with Crippen LogP contribution in [0.4, 0.5) is 8.78 Å². The van der Waals surface area contributed by atoms with Crippen molar-refractivity contribution < 1.29 is 13.9 Å². The molecule has 100 valence electrons. The highest BCUT2D eigenvalue weighted by atomic mass is 79.9. The molecule has 1 nitrogen and oxygen atoms in total. The van der Waals surface area contributed by atoms with Crippen molar-refractivity contribution in [3.8, 4) is 0 Å². The molecule has 0 aliphatic carbocycles. The standard InChI is InChI=1S/C14H11BrF2OS/c15-10-2-1-3-13(6-10)19-8-14(18)9-4-11(16)7-12(17)5-9/h1-7,14,18H,8H2. The van der Waals surface area contributed by atoms with Gasteiger partial charge in [0.15, 0.2) is 0 Å². The van der Waals surface area contributed by atoms with Crippen molar-refractivity contribution in [1.82, 2.24) is 0 Å². The number of hydrogen-bond donors (Lipinski definition) is 1. The largest absolute Gasteiger partial charge is 0.388 e. The molecule has 0 spiro atoms. The van der Waals surface area contributed by atoms with E-state index in [1.165, 1.54) is 11.8 Å². The van der Waals surface area contributed by atoms with Crippen LogP contribution in [0.15, 0.2) is 51.8 Å².